The van der Waals surface area contributed by atoms with E-state index in [1.165, 1.54) is 32.2 Å². The van der Waals surface area contributed by atoms with Crippen LogP contribution in [0.5, 0.6) is 0 Å². The number of nitrogens with one attached hydrogen (secondary N) is 1. The molecule has 0 aliphatic carbocycles. The molecule has 2 atom stereocenters. The Kier molecular flexibility index (Phi) is 7.58. The van der Waals surface area contributed by atoms with E-state index in [1.807, 2.05) is 0 Å². The molecular weight excluding hydrogens is 146 g/mol. The van der Waals surface area contributed by atoms with Crippen LogP contribution in [0.3, 0.4) is 0 Å². The molecule has 1 nitrogen and oxygen atoms in total. The maximum atomic E-state index is 3.57. The highest BCUT2D eigenvalue weighted by Gasteiger charge is 2.07. The molecule has 0 radical (unpaired) electrons. The van der Waals surface area contributed by atoms with Gasteiger partial charge in [-0.15, -0.1) is 0 Å². The second-order valence-electron chi connectivity index (χ2n) is 3.84. The van der Waals surface area contributed by atoms with Crippen LogP contribution in [0.15, 0.2) is 0 Å². The van der Waals surface area contributed by atoms with Crippen molar-refractivity contribution < 1.29 is 0 Å². The highest BCUT2D eigenvalue weighted by atomic mass is 14.9. The van der Waals surface area contributed by atoms with E-state index >= 15 is 0 Å². The Hall–Kier alpha value is -0.0400. The SMILES string of the molecule is CCCCCN[C@H](C)[C@H](C)CC. The summed E-state index contributed by atoms with van der Waals surface area (Å²) >= 11 is 0. The molecule has 0 aromatic carbocycles. The van der Waals surface area contributed by atoms with E-state index in [0.29, 0.717) is 6.04 Å². The van der Waals surface area contributed by atoms with Gasteiger partial charge < -0.3 is 5.32 Å². The molecule has 0 saturated carbocycles. The van der Waals surface area contributed by atoms with Gasteiger partial charge in [-0.05, 0) is 25.8 Å². The van der Waals surface area contributed by atoms with Gasteiger partial charge in [0.1, 0.15) is 0 Å². The maximum absolute atomic E-state index is 3.57. The van der Waals surface area contributed by atoms with Gasteiger partial charge in [0, 0.05) is 6.04 Å². The predicted molar refractivity (Wildman–Crippen MR) is 56.4 cm³/mol. The summed E-state index contributed by atoms with van der Waals surface area (Å²) in [6, 6.07) is 0.687. The Morgan fingerprint density at radius 3 is 2.25 bits per heavy atom. The lowest BCUT2D eigenvalue weighted by atomic mass is 10.0. The minimum Gasteiger partial charge on any atom is -0.314 e. The summed E-state index contributed by atoms with van der Waals surface area (Å²) in [5.41, 5.74) is 0. The van der Waals surface area contributed by atoms with Gasteiger partial charge in [0.15, 0.2) is 0 Å². The van der Waals surface area contributed by atoms with Crippen LogP contribution in [0, 0.1) is 5.92 Å². The first-order valence-electron chi connectivity index (χ1n) is 5.45. The van der Waals surface area contributed by atoms with E-state index in [-0.39, 0.29) is 0 Å². The van der Waals surface area contributed by atoms with Crippen molar-refractivity contribution in [1.29, 1.82) is 0 Å². The first-order valence-corrected chi connectivity index (χ1v) is 5.45. The zero-order valence-electron chi connectivity index (χ0n) is 9.19. The van der Waals surface area contributed by atoms with Gasteiger partial charge in [-0.3, -0.25) is 0 Å². The van der Waals surface area contributed by atoms with Crippen LogP contribution in [0.1, 0.15) is 53.4 Å². The molecule has 0 bridgehead atoms. The third-order valence-electron chi connectivity index (χ3n) is 2.74. The van der Waals surface area contributed by atoms with Crippen LogP contribution in [-0.4, -0.2) is 12.6 Å². The normalized spacial score (nSPS) is 16.0. The van der Waals surface area contributed by atoms with E-state index in [0.717, 1.165) is 5.92 Å². The second kappa shape index (κ2) is 7.60. The number of hydrogen-bond acceptors (Lipinski definition) is 1. The van der Waals surface area contributed by atoms with Crippen LogP contribution in [-0.2, 0) is 0 Å². The van der Waals surface area contributed by atoms with E-state index in [4.69, 9.17) is 0 Å². The van der Waals surface area contributed by atoms with Gasteiger partial charge in [0.05, 0.1) is 0 Å². The summed E-state index contributed by atoms with van der Waals surface area (Å²) in [5.74, 6) is 0.812. The molecule has 0 saturated heterocycles. The summed E-state index contributed by atoms with van der Waals surface area (Å²) in [6.45, 7) is 10.3. The fraction of sp³-hybridized carbons (Fsp3) is 1.00. The maximum Gasteiger partial charge on any atom is 0.00642 e. The molecule has 1 heteroatoms. The van der Waals surface area contributed by atoms with Gasteiger partial charge in [-0.25, -0.2) is 0 Å². The molecule has 0 aromatic rings. The minimum absolute atomic E-state index is 0.687. The van der Waals surface area contributed by atoms with Crippen LogP contribution >= 0.6 is 0 Å². The molecule has 0 aliphatic rings. The zero-order valence-corrected chi connectivity index (χ0v) is 9.19. The lowest BCUT2D eigenvalue weighted by Crippen LogP contribution is -2.32. The van der Waals surface area contributed by atoms with Gasteiger partial charge >= 0.3 is 0 Å². The fourth-order valence-corrected chi connectivity index (χ4v) is 1.26. The molecule has 0 spiro atoms. The second-order valence-corrected chi connectivity index (χ2v) is 3.84. The summed E-state index contributed by atoms with van der Waals surface area (Å²) in [4.78, 5) is 0. The predicted octanol–water partition coefficient (Wildman–Crippen LogP) is 3.20. The average Bonchev–Trinajstić information content (AvgIpc) is 2.10. The van der Waals surface area contributed by atoms with E-state index in [1.54, 1.807) is 0 Å². The average molecular weight is 171 g/mol. The van der Waals surface area contributed by atoms with Gasteiger partial charge in [-0.2, -0.15) is 0 Å². The summed E-state index contributed by atoms with van der Waals surface area (Å²) in [6.07, 6.45) is 5.29. The lowest BCUT2D eigenvalue weighted by molar-refractivity contribution is 0.387. The van der Waals surface area contributed by atoms with Gasteiger partial charge in [-0.1, -0.05) is 40.0 Å². The Morgan fingerprint density at radius 2 is 1.75 bits per heavy atom. The molecule has 0 rings (SSSR count). The molecule has 0 amide bonds. The Bertz CT molecular complexity index is 91.0. The first kappa shape index (κ1) is 12.0. The number of hydrogen-bond donors (Lipinski definition) is 1. The molecule has 0 aromatic heterocycles. The molecule has 74 valence electrons. The van der Waals surface area contributed by atoms with Crippen LogP contribution in [0.25, 0.3) is 0 Å². The van der Waals surface area contributed by atoms with Crippen molar-refractivity contribution in [2.45, 2.75) is 59.4 Å². The molecule has 0 heterocycles. The highest BCUT2D eigenvalue weighted by Crippen LogP contribution is 2.06. The van der Waals surface area contributed by atoms with E-state index < -0.39 is 0 Å². The van der Waals surface area contributed by atoms with Gasteiger partial charge in [0.25, 0.3) is 0 Å². The highest BCUT2D eigenvalue weighted by molar-refractivity contribution is 4.66. The van der Waals surface area contributed by atoms with Crippen molar-refractivity contribution in [2.24, 2.45) is 5.92 Å². The van der Waals surface area contributed by atoms with Crippen molar-refractivity contribution in [3.05, 3.63) is 0 Å². The molecule has 1 N–H and O–H groups in total. The largest absolute Gasteiger partial charge is 0.314 e. The topological polar surface area (TPSA) is 12.0 Å². The van der Waals surface area contributed by atoms with Crippen LogP contribution in [0.4, 0.5) is 0 Å². The summed E-state index contributed by atoms with van der Waals surface area (Å²) in [5, 5.41) is 3.57. The molecule has 0 fully saturated rings. The molecule has 0 aliphatic heterocycles. The Morgan fingerprint density at radius 1 is 1.08 bits per heavy atom. The Balaban J connectivity index is 3.24. The van der Waals surface area contributed by atoms with Crippen molar-refractivity contribution in [2.75, 3.05) is 6.54 Å². The van der Waals surface area contributed by atoms with E-state index in [2.05, 4.69) is 33.0 Å². The fourth-order valence-electron chi connectivity index (χ4n) is 1.26. The quantitative estimate of drug-likeness (QED) is 0.580. The Labute approximate surface area is 77.9 Å². The molecule has 0 unspecified atom stereocenters. The first-order chi connectivity index (χ1) is 5.72. The number of unbranched alkanes of at least 4 members (excludes halogenated alkanes) is 2. The van der Waals surface area contributed by atoms with Gasteiger partial charge in [0.2, 0.25) is 0 Å². The molecule has 12 heavy (non-hydrogen) atoms. The van der Waals surface area contributed by atoms with Crippen molar-refractivity contribution in [3.63, 3.8) is 0 Å². The lowest BCUT2D eigenvalue weighted by Gasteiger charge is -2.19. The van der Waals surface area contributed by atoms with Crippen LogP contribution in [0.2, 0.25) is 0 Å². The third kappa shape index (κ3) is 5.59. The van der Waals surface area contributed by atoms with Crippen molar-refractivity contribution in [3.8, 4) is 0 Å². The zero-order chi connectivity index (χ0) is 9.40. The summed E-state index contributed by atoms with van der Waals surface area (Å²) < 4.78 is 0. The number of rotatable bonds is 7. The third-order valence-corrected chi connectivity index (χ3v) is 2.74. The standard InChI is InChI=1S/C11H25N/c1-5-7-8-9-12-11(4)10(3)6-2/h10-12H,5-9H2,1-4H3/t10-,11-/m1/s1. The van der Waals surface area contributed by atoms with E-state index in [9.17, 15) is 0 Å². The van der Waals surface area contributed by atoms with Crippen molar-refractivity contribution in [1.82, 2.24) is 5.32 Å². The summed E-state index contributed by atoms with van der Waals surface area (Å²) in [7, 11) is 0. The smallest absolute Gasteiger partial charge is 0.00642 e. The minimum atomic E-state index is 0.687. The monoisotopic (exact) mass is 171 g/mol. The van der Waals surface area contributed by atoms with Crippen molar-refractivity contribution >= 4 is 0 Å². The van der Waals surface area contributed by atoms with Crippen LogP contribution < -0.4 is 5.32 Å². The molecular formula is C11H25N.